The molecule has 0 fully saturated rings. The summed E-state index contributed by atoms with van der Waals surface area (Å²) in [5.74, 6) is 0.647. The van der Waals surface area contributed by atoms with Crippen molar-refractivity contribution in [3.05, 3.63) is 136 Å². The molecule has 0 aliphatic carbocycles. The number of imidazole rings is 1. The highest BCUT2D eigenvalue weighted by Crippen LogP contribution is 2.33. The van der Waals surface area contributed by atoms with E-state index in [1.54, 1.807) is 41.5 Å². The van der Waals surface area contributed by atoms with E-state index < -0.39 is 5.60 Å². The summed E-state index contributed by atoms with van der Waals surface area (Å²) in [5, 5.41) is 18.6. The Balaban J connectivity index is 1.19. The SMILES string of the molecule is CC(NC/C=C/c1ccc(OCC(O)(Cn2ccnc2)c2ccc(Cl)cc2Cl)cc1)c1cccc2ccccc12. The molecule has 0 radical (unpaired) electrons. The normalized spacial score (nSPS) is 13.9. The van der Waals surface area contributed by atoms with Gasteiger partial charge in [-0.2, -0.15) is 0 Å². The van der Waals surface area contributed by atoms with Crippen LogP contribution in [0.5, 0.6) is 5.75 Å². The zero-order chi connectivity index (χ0) is 28.0. The number of fused-ring (bicyclic) bond motifs is 1. The van der Waals surface area contributed by atoms with E-state index in [1.807, 2.05) is 24.3 Å². The number of rotatable bonds is 11. The number of hydrogen-bond donors (Lipinski definition) is 2. The number of hydrogen-bond acceptors (Lipinski definition) is 4. The van der Waals surface area contributed by atoms with E-state index in [-0.39, 0.29) is 19.2 Å². The molecule has 0 saturated carbocycles. The predicted octanol–water partition coefficient (Wildman–Crippen LogP) is 7.67. The van der Waals surface area contributed by atoms with Gasteiger partial charge in [-0.15, -0.1) is 0 Å². The Morgan fingerprint density at radius 2 is 1.82 bits per heavy atom. The summed E-state index contributed by atoms with van der Waals surface area (Å²) in [6.07, 6.45) is 9.29. The van der Waals surface area contributed by atoms with Gasteiger partial charge in [0, 0.05) is 40.6 Å². The lowest BCUT2D eigenvalue weighted by Gasteiger charge is -2.30. The van der Waals surface area contributed by atoms with Crippen molar-refractivity contribution < 1.29 is 9.84 Å². The molecule has 2 unspecified atom stereocenters. The molecule has 1 heterocycles. The Morgan fingerprint density at radius 3 is 2.60 bits per heavy atom. The number of ether oxygens (including phenoxy) is 1. The van der Waals surface area contributed by atoms with Crippen LogP contribution in [0.2, 0.25) is 10.0 Å². The first-order valence-corrected chi connectivity index (χ1v) is 13.9. The minimum atomic E-state index is -1.40. The molecule has 0 aliphatic heterocycles. The van der Waals surface area contributed by atoms with Gasteiger partial charge in [-0.1, -0.05) is 96.0 Å². The molecule has 2 N–H and O–H groups in total. The third-order valence-corrected chi connectivity index (χ3v) is 7.48. The van der Waals surface area contributed by atoms with Crippen LogP contribution in [-0.2, 0) is 12.1 Å². The van der Waals surface area contributed by atoms with Gasteiger partial charge >= 0.3 is 0 Å². The predicted molar refractivity (Wildman–Crippen MR) is 164 cm³/mol. The minimum absolute atomic E-state index is 0.00229. The number of aromatic nitrogens is 2. The molecular weight excluding hydrogens is 541 g/mol. The van der Waals surface area contributed by atoms with Crippen LogP contribution in [0.4, 0.5) is 0 Å². The third-order valence-electron chi connectivity index (χ3n) is 6.94. The molecule has 1 aromatic heterocycles. The van der Waals surface area contributed by atoms with Gasteiger partial charge in [0.05, 0.1) is 12.9 Å². The van der Waals surface area contributed by atoms with Gasteiger partial charge in [-0.3, -0.25) is 0 Å². The van der Waals surface area contributed by atoms with E-state index in [0.717, 1.165) is 12.1 Å². The Kier molecular flexibility index (Phi) is 8.88. The van der Waals surface area contributed by atoms with Crippen LogP contribution in [0.1, 0.15) is 29.7 Å². The molecule has 40 heavy (non-hydrogen) atoms. The van der Waals surface area contributed by atoms with Gasteiger partial charge in [0.15, 0.2) is 0 Å². The van der Waals surface area contributed by atoms with E-state index >= 15 is 0 Å². The van der Waals surface area contributed by atoms with Gasteiger partial charge in [-0.25, -0.2) is 4.98 Å². The van der Waals surface area contributed by atoms with Crippen LogP contribution in [0, 0.1) is 0 Å². The number of benzene rings is 4. The zero-order valence-corrected chi connectivity index (χ0v) is 23.7. The molecule has 0 amide bonds. The lowest BCUT2D eigenvalue weighted by molar-refractivity contribution is -0.0242. The van der Waals surface area contributed by atoms with Crippen molar-refractivity contribution in [2.24, 2.45) is 0 Å². The standard InChI is InChI=1S/C33H31Cl2N3O2/c1-24(29-10-4-8-26-7-2-3-9-30(26)29)37-17-5-6-25-11-14-28(15-12-25)40-22-33(39,21-38-19-18-36-23-38)31-16-13-27(34)20-32(31)35/h2-16,18-20,23-24,37,39H,17,21-22H2,1H3/b6-5+. The van der Waals surface area contributed by atoms with Crippen molar-refractivity contribution in [2.75, 3.05) is 13.2 Å². The summed E-state index contributed by atoms with van der Waals surface area (Å²) >= 11 is 12.5. The van der Waals surface area contributed by atoms with E-state index in [0.29, 0.717) is 21.4 Å². The van der Waals surface area contributed by atoms with Crippen LogP contribution in [0.15, 0.2) is 110 Å². The van der Waals surface area contributed by atoms with Crippen molar-refractivity contribution in [1.29, 1.82) is 0 Å². The molecule has 7 heteroatoms. The molecule has 0 spiro atoms. The van der Waals surface area contributed by atoms with E-state index in [2.05, 4.69) is 71.8 Å². The first kappa shape index (κ1) is 27.9. The van der Waals surface area contributed by atoms with Crippen molar-refractivity contribution in [3.8, 4) is 5.75 Å². The maximum absolute atomic E-state index is 11.7. The quantitative estimate of drug-likeness (QED) is 0.171. The summed E-state index contributed by atoms with van der Waals surface area (Å²) < 4.78 is 7.83. The number of nitrogens with zero attached hydrogens (tertiary/aromatic N) is 2. The zero-order valence-electron chi connectivity index (χ0n) is 22.2. The van der Waals surface area contributed by atoms with Crippen LogP contribution in [0.3, 0.4) is 0 Å². The van der Waals surface area contributed by atoms with Crippen molar-refractivity contribution >= 4 is 40.1 Å². The first-order valence-electron chi connectivity index (χ1n) is 13.2. The van der Waals surface area contributed by atoms with Gasteiger partial charge in [0.1, 0.15) is 18.0 Å². The summed E-state index contributed by atoms with van der Waals surface area (Å²) in [6, 6.07) is 28.0. The highest BCUT2D eigenvalue weighted by Gasteiger charge is 2.33. The smallest absolute Gasteiger partial charge is 0.143 e. The average Bonchev–Trinajstić information content (AvgIpc) is 3.47. The lowest BCUT2D eigenvalue weighted by atomic mass is 9.94. The monoisotopic (exact) mass is 571 g/mol. The Morgan fingerprint density at radius 1 is 1.02 bits per heavy atom. The van der Waals surface area contributed by atoms with E-state index in [1.165, 1.54) is 16.3 Å². The fourth-order valence-corrected chi connectivity index (χ4v) is 5.40. The second-order valence-corrected chi connectivity index (χ2v) is 10.7. The Hall–Kier alpha value is -3.61. The van der Waals surface area contributed by atoms with Crippen molar-refractivity contribution in [3.63, 3.8) is 0 Å². The molecule has 4 aromatic carbocycles. The van der Waals surface area contributed by atoms with Crippen molar-refractivity contribution in [1.82, 2.24) is 14.9 Å². The molecule has 2 atom stereocenters. The Bertz CT molecular complexity index is 1580. The molecule has 0 saturated heterocycles. The van der Waals surface area contributed by atoms with E-state index in [9.17, 15) is 5.11 Å². The second-order valence-electron chi connectivity index (χ2n) is 9.85. The lowest BCUT2D eigenvalue weighted by Crippen LogP contribution is -2.38. The maximum Gasteiger partial charge on any atom is 0.143 e. The number of halogens is 2. The maximum atomic E-state index is 11.7. The van der Waals surface area contributed by atoms with Crippen LogP contribution < -0.4 is 10.1 Å². The van der Waals surface area contributed by atoms with Gasteiger partial charge in [0.2, 0.25) is 0 Å². The van der Waals surface area contributed by atoms with Crippen molar-refractivity contribution in [2.45, 2.75) is 25.1 Å². The Labute approximate surface area is 244 Å². The highest BCUT2D eigenvalue weighted by atomic mass is 35.5. The van der Waals surface area contributed by atoms with Gasteiger partial charge in [0.25, 0.3) is 0 Å². The number of nitrogens with one attached hydrogen (secondary N) is 1. The molecular formula is C33H31Cl2N3O2. The van der Waals surface area contributed by atoms with Gasteiger partial charge in [-0.05, 0) is 53.1 Å². The van der Waals surface area contributed by atoms with Crippen LogP contribution >= 0.6 is 23.2 Å². The molecule has 204 valence electrons. The molecule has 5 aromatic rings. The summed E-state index contributed by atoms with van der Waals surface area (Å²) in [5.41, 5.74) is 1.49. The summed E-state index contributed by atoms with van der Waals surface area (Å²) in [7, 11) is 0. The average molecular weight is 573 g/mol. The minimum Gasteiger partial charge on any atom is -0.490 e. The van der Waals surface area contributed by atoms with Gasteiger partial charge < -0.3 is 19.7 Å². The molecule has 5 rings (SSSR count). The largest absolute Gasteiger partial charge is 0.490 e. The molecule has 0 aliphatic rings. The second kappa shape index (κ2) is 12.7. The summed E-state index contributed by atoms with van der Waals surface area (Å²) in [4.78, 5) is 4.08. The van der Waals surface area contributed by atoms with Crippen LogP contribution in [0.25, 0.3) is 16.8 Å². The van der Waals surface area contributed by atoms with Crippen LogP contribution in [-0.4, -0.2) is 27.8 Å². The fourth-order valence-electron chi connectivity index (χ4n) is 4.81. The number of aliphatic hydroxyl groups is 1. The third kappa shape index (κ3) is 6.75. The first-order chi connectivity index (χ1) is 19.4. The topological polar surface area (TPSA) is 59.3 Å². The molecule has 5 nitrogen and oxygen atoms in total. The highest BCUT2D eigenvalue weighted by molar-refractivity contribution is 6.35. The summed E-state index contributed by atoms with van der Waals surface area (Å²) in [6.45, 7) is 3.15. The van der Waals surface area contributed by atoms with E-state index in [4.69, 9.17) is 27.9 Å². The fraction of sp³-hybridized carbons (Fsp3) is 0.182. The molecule has 0 bridgehead atoms.